The van der Waals surface area contributed by atoms with Crippen LogP contribution in [-0.4, -0.2) is 24.0 Å². The van der Waals surface area contributed by atoms with Gasteiger partial charge in [-0.3, -0.25) is 0 Å². The van der Waals surface area contributed by atoms with Crippen molar-refractivity contribution in [2.24, 2.45) is 43.6 Å². The Kier molecular flexibility index (Phi) is 6.67. The topological polar surface area (TPSA) is 123 Å². The smallest absolute Gasteiger partial charge is 0.0137 e. The number of hydrogen-bond acceptors (Lipinski definition) is 5. The van der Waals surface area contributed by atoms with Gasteiger partial charge in [0.25, 0.3) is 0 Å². The average Bonchev–Trinajstić information content (AvgIpc) is 3.78. The molecule has 6 atom stereocenters. The van der Waals surface area contributed by atoms with E-state index >= 15 is 0 Å². The molecule has 2 aromatic heterocycles. The largest absolute Gasteiger partial charge is 0.459 e. The number of amidine groups is 2. The summed E-state index contributed by atoms with van der Waals surface area (Å²) in [5, 5.41) is 14.4. The molecule has 42 heavy (non-hydrogen) atoms. The number of aliphatic imine (C=N–C) groups is 2. The first kappa shape index (κ1) is 26.2. The van der Waals surface area contributed by atoms with E-state index in [9.17, 15) is 0 Å². The van der Waals surface area contributed by atoms with Crippen molar-refractivity contribution in [3.05, 3.63) is 70.1 Å². The maximum Gasteiger partial charge on any atom is 0.0137 e. The van der Waals surface area contributed by atoms with Gasteiger partial charge in [0, 0.05) is 11.0 Å². The van der Waals surface area contributed by atoms with Gasteiger partial charge in [0.15, 0.2) is 0 Å². The summed E-state index contributed by atoms with van der Waals surface area (Å²) >= 11 is 0.750. The van der Waals surface area contributed by atoms with Gasteiger partial charge < -0.3 is 40.6 Å². The normalized spacial score (nSPS) is 33.6. The Balaban J connectivity index is 0.00000131. The first-order valence-electron chi connectivity index (χ1n) is 15.1. The van der Waals surface area contributed by atoms with Crippen LogP contribution in [-0.2, 0) is 23.7 Å². The molecule has 2 saturated carbocycles. The third kappa shape index (κ3) is 4.23. The summed E-state index contributed by atoms with van der Waals surface area (Å²) in [4.78, 5) is 30.8. The monoisotopic (exact) mass is 590 g/mol. The Morgan fingerprint density at radius 1 is 0.571 bits per heavy atom. The van der Waals surface area contributed by atoms with Crippen molar-refractivity contribution < 1.29 is 23.7 Å². The maximum atomic E-state index is 8.25. The van der Waals surface area contributed by atoms with Crippen molar-refractivity contribution in [3.8, 4) is 0 Å². The molecule has 8 bridgehead atoms. The molecule has 4 aromatic rings. The Morgan fingerprint density at radius 2 is 1.00 bits per heavy atom. The summed E-state index contributed by atoms with van der Waals surface area (Å²) in [5.41, 5.74) is 1.49. The molecule has 6 unspecified atom stereocenters. The summed E-state index contributed by atoms with van der Waals surface area (Å²) < 4.78 is 8.25. The molecule has 2 aliphatic carbocycles. The molecule has 2 aromatic carbocycles. The Labute approximate surface area is 255 Å². The van der Waals surface area contributed by atoms with E-state index in [0.717, 1.165) is 90.3 Å². The number of nitrogens with zero attached hydrogens (tertiary/aromatic N) is 8. The van der Waals surface area contributed by atoms with Crippen LogP contribution in [0.25, 0.3) is 32.2 Å². The van der Waals surface area contributed by atoms with Crippen LogP contribution in [0, 0.1) is 23.7 Å². The van der Waals surface area contributed by atoms with Crippen LogP contribution in [0.5, 0.6) is 0 Å². The molecule has 5 heterocycles. The molecular weight excluding hydrogens is 560 g/mol. The van der Waals surface area contributed by atoms with Gasteiger partial charge >= 0.3 is 23.7 Å². The Morgan fingerprint density at radius 3 is 1.48 bits per heavy atom. The van der Waals surface area contributed by atoms with E-state index in [4.69, 9.17) is 43.9 Å². The van der Waals surface area contributed by atoms with Gasteiger partial charge in [0.05, 0.1) is 0 Å². The first-order valence-corrected chi connectivity index (χ1v) is 15.8. The van der Waals surface area contributed by atoms with Gasteiger partial charge in [-0.25, -0.2) is 0 Å². The summed E-state index contributed by atoms with van der Waals surface area (Å²) in [6.45, 7) is 0. The second-order valence-corrected chi connectivity index (χ2v) is 12.0. The van der Waals surface area contributed by atoms with E-state index < -0.39 is 0 Å². The molecule has 0 spiro atoms. The van der Waals surface area contributed by atoms with Crippen molar-refractivity contribution >= 4 is 44.9 Å². The van der Waals surface area contributed by atoms with Crippen LogP contribution in [0.3, 0.4) is 0 Å². The number of rotatable bonds is 0. The molecule has 9 rings (SSSR count). The molecule has 0 N–H and O–H groups in total. The first-order chi connectivity index (χ1) is 20.8. The minimum Gasteiger partial charge on any atom is -0.459 e. The SMILES string of the molecule is [O]=[Ti+2].c1ccc2c3[n-]c(c2c1)/N=C1\[N-]C(/N=c2\[n-]/c(c4ccccc24)=N\C2[N-]/C(=N\3)C3CCCCC23)C2CCCCC12. The maximum absolute atomic E-state index is 8.25. The van der Waals surface area contributed by atoms with Gasteiger partial charge in [-0.15, -0.1) is 0 Å². The Bertz CT molecular complexity index is 1730. The molecule has 210 valence electrons. The fraction of sp³-hybridized carbons (Fsp3) is 0.438. The fourth-order valence-electron chi connectivity index (χ4n) is 7.82. The molecule has 2 saturated heterocycles. The molecule has 10 heteroatoms. The van der Waals surface area contributed by atoms with E-state index in [1.54, 1.807) is 0 Å². The number of hydrogen-bond donors (Lipinski definition) is 0. The summed E-state index contributed by atoms with van der Waals surface area (Å²) in [7, 11) is 0. The quantitative estimate of drug-likeness (QED) is 0.239. The van der Waals surface area contributed by atoms with E-state index in [0.29, 0.717) is 35.3 Å². The summed E-state index contributed by atoms with van der Waals surface area (Å²) in [6, 6.07) is 16.6. The standard InChI is InChI=1S/C32H30N8.O.Ti/c1-2-10-18-17(9-1)25-33-26(18)38-28-21-13-5-6-14-22(21)30(35-28)40-32-24-16-8-7-15-23(24)31(36-32)39-29-20-12-4-3-11-19(20)27(34-29)37-25;;/h1-2,7-10,15-16,19-22,27-28H,3-6,11-14H2;;/q-4;;+2. The third-order valence-electron chi connectivity index (χ3n) is 9.79. The minimum atomic E-state index is -0.188. The zero-order chi connectivity index (χ0) is 28.2. The molecule has 3 aliphatic heterocycles. The summed E-state index contributed by atoms with van der Waals surface area (Å²) in [5.74, 6) is 4.46. The van der Waals surface area contributed by atoms with E-state index in [2.05, 4.69) is 48.5 Å². The molecule has 5 aliphatic rings. The van der Waals surface area contributed by atoms with Gasteiger partial charge in [-0.1, -0.05) is 85.9 Å². The summed E-state index contributed by atoms with van der Waals surface area (Å²) in [6.07, 6.45) is 8.82. The van der Waals surface area contributed by atoms with E-state index in [-0.39, 0.29) is 12.3 Å². The van der Waals surface area contributed by atoms with Gasteiger partial charge in [-0.05, 0) is 94.9 Å². The molecule has 4 fully saturated rings. The number of aromatic nitrogens is 2. The van der Waals surface area contributed by atoms with Gasteiger partial charge in [-0.2, -0.15) is 0 Å². The zero-order valence-corrected chi connectivity index (χ0v) is 24.8. The zero-order valence-electron chi connectivity index (χ0n) is 23.2. The van der Waals surface area contributed by atoms with E-state index in [1.807, 2.05) is 0 Å². The van der Waals surface area contributed by atoms with Crippen molar-refractivity contribution in [2.45, 2.75) is 63.7 Å². The number of benzene rings is 2. The van der Waals surface area contributed by atoms with Crippen LogP contribution in [0.1, 0.15) is 51.4 Å². The minimum absolute atomic E-state index is 0.188. The molecular formula is C32H30N8OTi-2. The van der Waals surface area contributed by atoms with Gasteiger partial charge in [0.2, 0.25) is 0 Å². The second kappa shape index (κ2) is 10.7. The molecule has 9 nitrogen and oxygen atoms in total. The van der Waals surface area contributed by atoms with Crippen LogP contribution < -0.4 is 20.9 Å². The fourth-order valence-corrected chi connectivity index (χ4v) is 7.82. The van der Waals surface area contributed by atoms with Crippen LogP contribution in [0.2, 0.25) is 0 Å². The number of fused-ring (bicyclic) bond motifs is 20. The molecule has 0 radical (unpaired) electrons. The van der Waals surface area contributed by atoms with E-state index in [1.165, 1.54) is 25.7 Å². The van der Waals surface area contributed by atoms with Crippen LogP contribution >= 0.6 is 0 Å². The van der Waals surface area contributed by atoms with Gasteiger partial charge in [0.1, 0.15) is 0 Å². The van der Waals surface area contributed by atoms with Crippen molar-refractivity contribution in [3.63, 3.8) is 0 Å². The third-order valence-corrected chi connectivity index (χ3v) is 9.79. The predicted molar refractivity (Wildman–Crippen MR) is 157 cm³/mol. The van der Waals surface area contributed by atoms with Crippen LogP contribution in [0.4, 0.5) is 11.6 Å². The van der Waals surface area contributed by atoms with Crippen molar-refractivity contribution in [1.82, 2.24) is 9.97 Å². The average molecular weight is 591 g/mol. The Hall–Kier alpha value is -3.43. The molecule has 0 amide bonds. The second-order valence-electron chi connectivity index (χ2n) is 12.0. The van der Waals surface area contributed by atoms with Crippen LogP contribution in [0.15, 0.2) is 68.5 Å². The van der Waals surface area contributed by atoms with Crippen molar-refractivity contribution in [1.29, 1.82) is 0 Å². The predicted octanol–water partition coefficient (Wildman–Crippen LogP) is 5.84. The van der Waals surface area contributed by atoms with Crippen molar-refractivity contribution in [2.75, 3.05) is 0 Å².